The van der Waals surface area contributed by atoms with E-state index in [2.05, 4.69) is 21.6 Å². The summed E-state index contributed by atoms with van der Waals surface area (Å²) in [6.07, 6.45) is 0.922. The van der Waals surface area contributed by atoms with Crippen LogP contribution in [-0.4, -0.2) is 56.7 Å². The van der Waals surface area contributed by atoms with Gasteiger partial charge in [0, 0.05) is 31.2 Å². The lowest BCUT2D eigenvalue weighted by Gasteiger charge is -2.35. The molecule has 3 rings (SSSR count). The Hall–Kier alpha value is -1.14. The SMILES string of the molecule is O=C(NCC(c1cccc(Cl)c1)N1CCOCC1)C1CCNC1. The standard InChI is InChI=1S/C17H24ClN3O2/c18-15-3-1-2-13(10-15)16(21-6-8-23-9-7-21)12-20-17(22)14-4-5-19-11-14/h1-3,10,14,16,19H,4-9,11-12H2,(H,20,22). The van der Waals surface area contributed by atoms with E-state index >= 15 is 0 Å². The van der Waals surface area contributed by atoms with E-state index in [0.29, 0.717) is 6.54 Å². The van der Waals surface area contributed by atoms with Crippen LogP contribution in [0.3, 0.4) is 0 Å². The van der Waals surface area contributed by atoms with Crippen molar-refractivity contribution in [2.45, 2.75) is 12.5 Å². The molecule has 2 aliphatic rings. The second kappa shape index (κ2) is 8.11. The topological polar surface area (TPSA) is 53.6 Å². The van der Waals surface area contributed by atoms with Crippen LogP contribution in [-0.2, 0) is 9.53 Å². The highest BCUT2D eigenvalue weighted by molar-refractivity contribution is 6.30. The van der Waals surface area contributed by atoms with Crippen molar-refractivity contribution in [2.24, 2.45) is 5.92 Å². The molecule has 2 aliphatic heterocycles. The second-order valence-corrected chi connectivity index (χ2v) is 6.59. The van der Waals surface area contributed by atoms with Crippen LogP contribution < -0.4 is 10.6 Å². The van der Waals surface area contributed by atoms with Gasteiger partial charge in [0.25, 0.3) is 0 Å². The zero-order valence-electron chi connectivity index (χ0n) is 13.3. The van der Waals surface area contributed by atoms with E-state index in [1.54, 1.807) is 0 Å². The van der Waals surface area contributed by atoms with Crippen LogP contribution >= 0.6 is 11.6 Å². The highest BCUT2D eigenvalue weighted by Crippen LogP contribution is 2.24. The van der Waals surface area contributed by atoms with Crippen LogP contribution in [0, 0.1) is 5.92 Å². The molecule has 2 saturated heterocycles. The van der Waals surface area contributed by atoms with Gasteiger partial charge >= 0.3 is 0 Å². The van der Waals surface area contributed by atoms with Crippen molar-refractivity contribution in [3.8, 4) is 0 Å². The average molecular weight is 338 g/mol. The van der Waals surface area contributed by atoms with Gasteiger partial charge in [0.15, 0.2) is 0 Å². The predicted octanol–water partition coefficient (Wildman–Crippen LogP) is 1.44. The van der Waals surface area contributed by atoms with E-state index in [1.165, 1.54) is 0 Å². The fourth-order valence-electron chi connectivity index (χ4n) is 3.28. The Morgan fingerprint density at radius 1 is 1.43 bits per heavy atom. The normalized spacial score (nSPS) is 23.6. The minimum absolute atomic E-state index is 0.0969. The molecule has 23 heavy (non-hydrogen) atoms. The molecule has 1 aromatic rings. The molecule has 1 aromatic carbocycles. The minimum atomic E-state index is 0.0969. The number of hydrogen-bond donors (Lipinski definition) is 2. The second-order valence-electron chi connectivity index (χ2n) is 6.15. The summed E-state index contributed by atoms with van der Waals surface area (Å²) in [5.41, 5.74) is 1.14. The Morgan fingerprint density at radius 3 is 2.96 bits per heavy atom. The van der Waals surface area contributed by atoms with E-state index in [0.717, 1.165) is 56.4 Å². The maximum Gasteiger partial charge on any atom is 0.224 e. The average Bonchev–Trinajstić information content (AvgIpc) is 3.10. The summed E-state index contributed by atoms with van der Waals surface area (Å²) in [6, 6.07) is 8.05. The molecule has 1 amide bonds. The maximum absolute atomic E-state index is 12.3. The van der Waals surface area contributed by atoms with Crippen LogP contribution in [0.5, 0.6) is 0 Å². The quantitative estimate of drug-likeness (QED) is 0.853. The van der Waals surface area contributed by atoms with Crippen molar-refractivity contribution < 1.29 is 9.53 Å². The van der Waals surface area contributed by atoms with Crippen molar-refractivity contribution in [3.63, 3.8) is 0 Å². The zero-order chi connectivity index (χ0) is 16.1. The fraction of sp³-hybridized carbons (Fsp3) is 0.588. The Balaban J connectivity index is 1.68. The third kappa shape index (κ3) is 4.44. The van der Waals surface area contributed by atoms with Gasteiger partial charge in [0.1, 0.15) is 0 Å². The number of hydrogen-bond acceptors (Lipinski definition) is 4. The van der Waals surface area contributed by atoms with Crippen molar-refractivity contribution in [2.75, 3.05) is 45.9 Å². The van der Waals surface area contributed by atoms with Gasteiger partial charge in [-0.05, 0) is 30.7 Å². The summed E-state index contributed by atoms with van der Waals surface area (Å²) >= 11 is 6.16. The molecule has 2 atom stereocenters. The summed E-state index contributed by atoms with van der Waals surface area (Å²) in [5, 5.41) is 7.10. The van der Waals surface area contributed by atoms with Gasteiger partial charge in [-0.2, -0.15) is 0 Å². The molecule has 5 nitrogen and oxygen atoms in total. The van der Waals surface area contributed by atoms with Crippen LogP contribution in [0.15, 0.2) is 24.3 Å². The Labute approximate surface area is 142 Å². The van der Waals surface area contributed by atoms with Gasteiger partial charge in [0.05, 0.1) is 25.2 Å². The molecule has 6 heteroatoms. The van der Waals surface area contributed by atoms with Crippen molar-refractivity contribution in [1.29, 1.82) is 0 Å². The first-order valence-electron chi connectivity index (χ1n) is 8.30. The predicted molar refractivity (Wildman–Crippen MR) is 90.6 cm³/mol. The van der Waals surface area contributed by atoms with Crippen LogP contribution in [0.1, 0.15) is 18.0 Å². The summed E-state index contributed by atoms with van der Waals surface area (Å²) in [7, 11) is 0. The number of nitrogens with zero attached hydrogens (tertiary/aromatic N) is 1. The third-order valence-electron chi connectivity index (χ3n) is 4.62. The third-order valence-corrected chi connectivity index (χ3v) is 4.86. The Bertz CT molecular complexity index is 528. The summed E-state index contributed by atoms with van der Waals surface area (Å²) in [4.78, 5) is 14.7. The molecule has 0 radical (unpaired) electrons. The lowest BCUT2D eigenvalue weighted by Crippen LogP contribution is -2.44. The molecule has 2 fully saturated rings. The Morgan fingerprint density at radius 2 is 2.26 bits per heavy atom. The minimum Gasteiger partial charge on any atom is -0.379 e. The molecule has 2 heterocycles. The summed E-state index contributed by atoms with van der Waals surface area (Å²) in [6.45, 7) is 5.53. The van der Waals surface area contributed by atoms with E-state index in [-0.39, 0.29) is 17.9 Å². The molecule has 126 valence electrons. The van der Waals surface area contributed by atoms with Crippen molar-refractivity contribution >= 4 is 17.5 Å². The molecule has 0 aliphatic carbocycles. The monoisotopic (exact) mass is 337 g/mol. The zero-order valence-corrected chi connectivity index (χ0v) is 14.0. The van der Waals surface area contributed by atoms with Crippen molar-refractivity contribution in [1.82, 2.24) is 15.5 Å². The van der Waals surface area contributed by atoms with Crippen molar-refractivity contribution in [3.05, 3.63) is 34.9 Å². The number of halogens is 1. The largest absolute Gasteiger partial charge is 0.379 e. The van der Waals surface area contributed by atoms with E-state index < -0.39 is 0 Å². The fourth-order valence-corrected chi connectivity index (χ4v) is 3.48. The molecule has 0 saturated carbocycles. The lowest BCUT2D eigenvalue weighted by molar-refractivity contribution is -0.124. The van der Waals surface area contributed by atoms with Gasteiger partial charge in [-0.15, -0.1) is 0 Å². The first kappa shape index (κ1) is 16.7. The van der Waals surface area contributed by atoms with E-state index in [1.807, 2.05) is 18.2 Å². The lowest BCUT2D eigenvalue weighted by atomic mass is 10.0. The number of ether oxygens (including phenoxy) is 1. The first-order valence-corrected chi connectivity index (χ1v) is 8.67. The summed E-state index contributed by atoms with van der Waals surface area (Å²) < 4.78 is 5.45. The number of morpholine rings is 1. The first-order chi connectivity index (χ1) is 11.2. The van der Waals surface area contributed by atoms with Gasteiger partial charge in [-0.3, -0.25) is 9.69 Å². The highest BCUT2D eigenvalue weighted by atomic mass is 35.5. The number of nitrogens with one attached hydrogen (secondary N) is 2. The van der Waals surface area contributed by atoms with Gasteiger partial charge in [-0.25, -0.2) is 0 Å². The van der Waals surface area contributed by atoms with E-state index in [9.17, 15) is 4.79 Å². The van der Waals surface area contributed by atoms with Crippen LogP contribution in [0.4, 0.5) is 0 Å². The van der Waals surface area contributed by atoms with Crippen LogP contribution in [0.2, 0.25) is 5.02 Å². The molecular formula is C17H24ClN3O2. The summed E-state index contributed by atoms with van der Waals surface area (Å²) in [5.74, 6) is 0.245. The van der Waals surface area contributed by atoms with Gasteiger partial charge < -0.3 is 15.4 Å². The smallest absolute Gasteiger partial charge is 0.224 e. The molecule has 0 bridgehead atoms. The molecular weight excluding hydrogens is 314 g/mol. The van der Waals surface area contributed by atoms with E-state index in [4.69, 9.17) is 16.3 Å². The maximum atomic E-state index is 12.3. The highest BCUT2D eigenvalue weighted by Gasteiger charge is 2.26. The van der Waals surface area contributed by atoms with Crippen LogP contribution in [0.25, 0.3) is 0 Å². The number of benzene rings is 1. The number of carbonyl (C=O) groups excluding carboxylic acids is 1. The number of amides is 1. The molecule has 2 unspecified atom stereocenters. The Kier molecular flexibility index (Phi) is 5.89. The van der Waals surface area contributed by atoms with Gasteiger partial charge in [0.2, 0.25) is 5.91 Å². The molecule has 2 N–H and O–H groups in total. The number of carbonyl (C=O) groups is 1. The molecule has 0 aromatic heterocycles. The molecule has 0 spiro atoms. The van der Waals surface area contributed by atoms with Gasteiger partial charge in [-0.1, -0.05) is 23.7 Å². The number of rotatable bonds is 5.